The number of nitrogens with zero attached hydrogens (tertiary/aromatic N) is 3. The van der Waals surface area contributed by atoms with Gasteiger partial charge in [0, 0.05) is 38.2 Å². The zero-order valence-corrected chi connectivity index (χ0v) is 13.6. The van der Waals surface area contributed by atoms with E-state index in [2.05, 4.69) is 25.5 Å². The first-order chi connectivity index (χ1) is 10.7. The first-order valence-electron chi connectivity index (χ1n) is 8.33. The second-order valence-corrected chi connectivity index (χ2v) is 5.69. The Kier molecular flexibility index (Phi) is 6.43. The Balaban J connectivity index is 1.75. The molecule has 0 atom stereocenters. The molecule has 6 nitrogen and oxygen atoms in total. The monoisotopic (exact) mass is 305 g/mol. The summed E-state index contributed by atoms with van der Waals surface area (Å²) >= 11 is 0. The third-order valence-corrected chi connectivity index (χ3v) is 4.17. The van der Waals surface area contributed by atoms with Crippen molar-refractivity contribution in [3.8, 4) is 0 Å². The highest BCUT2D eigenvalue weighted by Gasteiger charge is 2.14. The summed E-state index contributed by atoms with van der Waals surface area (Å²) in [6.07, 6.45) is 5.84. The lowest BCUT2D eigenvalue weighted by molar-refractivity contribution is -0.125. The van der Waals surface area contributed by atoms with Gasteiger partial charge in [-0.25, -0.2) is 9.97 Å². The fraction of sp³-hybridized carbons (Fsp3) is 0.688. The highest BCUT2D eigenvalue weighted by Crippen LogP contribution is 2.18. The third kappa shape index (κ3) is 4.58. The van der Waals surface area contributed by atoms with Crippen molar-refractivity contribution in [3.63, 3.8) is 0 Å². The summed E-state index contributed by atoms with van der Waals surface area (Å²) in [7, 11) is 0. The van der Waals surface area contributed by atoms with E-state index in [1.165, 1.54) is 12.8 Å². The van der Waals surface area contributed by atoms with Crippen molar-refractivity contribution >= 4 is 17.5 Å². The van der Waals surface area contributed by atoms with Crippen molar-refractivity contribution in [1.29, 1.82) is 0 Å². The van der Waals surface area contributed by atoms with Crippen LogP contribution in [-0.4, -0.2) is 42.1 Å². The van der Waals surface area contributed by atoms with Gasteiger partial charge in [-0.2, -0.15) is 0 Å². The smallest absolute Gasteiger partial charge is 0.223 e. The molecule has 0 aliphatic carbocycles. The number of aromatic nitrogens is 2. The van der Waals surface area contributed by atoms with Gasteiger partial charge in [-0.1, -0.05) is 13.8 Å². The van der Waals surface area contributed by atoms with Crippen LogP contribution in [0.3, 0.4) is 0 Å². The second-order valence-electron chi connectivity index (χ2n) is 5.69. The molecule has 1 aliphatic heterocycles. The van der Waals surface area contributed by atoms with Gasteiger partial charge in [-0.05, 0) is 25.7 Å². The molecule has 1 aromatic rings. The summed E-state index contributed by atoms with van der Waals surface area (Å²) in [5.74, 6) is 2.07. The van der Waals surface area contributed by atoms with Crippen LogP contribution in [0.5, 0.6) is 0 Å². The minimum Gasteiger partial charge on any atom is -0.368 e. The predicted octanol–water partition coefficient (Wildman–Crippen LogP) is 2.04. The van der Waals surface area contributed by atoms with Gasteiger partial charge in [-0.15, -0.1) is 0 Å². The number of hydrogen-bond donors (Lipinski definition) is 2. The Labute approximate surface area is 132 Å². The zero-order chi connectivity index (χ0) is 15.8. The Morgan fingerprint density at radius 2 is 1.95 bits per heavy atom. The van der Waals surface area contributed by atoms with Gasteiger partial charge in [0.1, 0.15) is 18.0 Å². The fourth-order valence-corrected chi connectivity index (χ4v) is 2.74. The van der Waals surface area contributed by atoms with Crippen molar-refractivity contribution in [2.45, 2.75) is 39.5 Å². The largest absolute Gasteiger partial charge is 0.368 e. The molecule has 0 unspecified atom stereocenters. The van der Waals surface area contributed by atoms with E-state index >= 15 is 0 Å². The Morgan fingerprint density at radius 3 is 2.64 bits per heavy atom. The number of amides is 1. The molecule has 6 heteroatoms. The van der Waals surface area contributed by atoms with Crippen LogP contribution >= 0.6 is 0 Å². The summed E-state index contributed by atoms with van der Waals surface area (Å²) in [5.41, 5.74) is 0. The summed E-state index contributed by atoms with van der Waals surface area (Å²) < 4.78 is 0. The zero-order valence-electron chi connectivity index (χ0n) is 13.6. The van der Waals surface area contributed by atoms with Gasteiger partial charge in [0.2, 0.25) is 5.91 Å². The van der Waals surface area contributed by atoms with Gasteiger partial charge in [0.05, 0.1) is 0 Å². The molecule has 0 saturated carbocycles. The summed E-state index contributed by atoms with van der Waals surface area (Å²) in [6, 6.07) is 1.98. The number of nitrogens with one attached hydrogen (secondary N) is 2. The van der Waals surface area contributed by atoms with E-state index < -0.39 is 0 Å². The van der Waals surface area contributed by atoms with E-state index in [0.29, 0.717) is 13.1 Å². The van der Waals surface area contributed by atoms with Crippen LogP contribution in [0.25, 0.3) is 0 Å². The fourth-order valence-electron chi connectivity index (χ4n) is 2.74. The molecule has 1 saturated heterocycles. The van der Waals surface area contributed by atoms with Crippen molar-refractivity contribution in [2.75, 3.05) is 36.4 Å². The maximum Gasteiger partial charge on any atom is 0.223 e. The van der Waals surface area contributed by atoms with E-state index in [1.54, 1.807) is 6.33 Å². The van der Waals surface area contributed by atoms with E-state index in [-0.39, 0.29) is 11.8 Å². The lowest BCUT2D eigenvalue weighted by atomic mass is 10.0. The van der Waals surface area contributed by atoms with Crippen LogP contribution in [0.1, 0.15) is 39.5 Å². The van der Waals surface area contributed by atoms with Crippen LogP contribution < -0.4 is 15.5 Å². The van der Waals surface area contributed by atoms with E-state index in [1.807, 2.05) is 19.9 Å². The van der Waals surface area contributed by atoms with E-state index in [4.69, 9.17) is 0 Å². The first-order valence-corrected chi connectivity index (χ1v) is 8.33. The molecule has 2 rings (SSSR count). The van der Waals surface area contributed by atoms with Crippen LogP contribution in [0.2, 0.25) is 0 Å². The molecular weight excluding hydrogens is 278 g/mol. The van der Waals surface area contributed by atoms with Crippen molar-refractivity contribution < 1.29 is 4.79 Å². The molecule has 0 aromatic carbocycles. The normalized spacial score (nSPS) is 14.4. The van der Waals surface area contributed by atoms with Crippen LogP contribution in [0, 0.1) is 5.92 Å². The van der Waals surface area contributed by atoms with Crippen molar-refractivity contribution in [2.24, 2.45) is 5.92 Å². The molecule has 0 radical (unpaired) electrons. The molecule has 1 amide bonds. The van der Waals surface area contributed by atoms with Crippen molar-refractivity contribution in [3.05, 3.63) is 12.4 Å². The SMILES string of the molecule is CCC(CC)C(=O)NCCNc1cc(N2CCCC2)ncn1. The molecule has 2 N–H and O–H groups in total. The van der Waals surface area contributed by atoms with Gasteiger partial charge in [0.25, 0.3) is 0 Å². The van der Waals surface area contributed by atoms with Crippen LogP contribution in [0.15, 0.2) is 12.4 Å². The van der Waals surface area contributed by atoms with E-state index in [9.17, 15) is 4.79 Å². The van der Waals surface area contributed by atoms with Crippen LogP contribution in [-0.2, 0) is 4.79 Å². The Morgan fingerprint density at radius 1 is 1.23 bits per heavy atom. The average molecular weight is 305 g/mol. The lowest BCUT2D eigenvalue weighted by Gasteiger charge is -2.17. The highest BCUT2D eigenvalue weighted by atomic mass is 16.1. The summed E-state index contributed by atoms with van der Waals surface area (Å²) in [6.45, 7) is 7.52. The van der Waals surface area contributed by atoms with Crippen molar-refractivity contribution in [1.82, 2.24) is 15.3 Å². The molecule has 1 fully saturated rings. The predicted molar refractivity (Wildman–Crippen MR) is 89.1 cm³/mol. The molecule has 0 bridgehead atoms. The molecule has 1 aromatic heterocycles. The van der Waals surface area contributed by atoms with Crippen LogP contribution in [0.4, 0.5) is 11.6 Å². The first kappa shape index (κ1) is 16.5. The molecule has 22 heavy (non-hydrogen) atoms. The molecule has 1 aliphatic rings. The standard InChI is InChI=1S/C16H27N5O/c1-3-13(4-2)16(22)18-8-7-17-14-11-15(20-12-19-14)21-9-5-6-10-21/h11-13H,3-10H2,1-2H3,(H,18,22)(H,17,19,20). The number of carbonyl (C=O) groups is 1. The van der Waals surface area contributed by atoms with Gasteiger partial charge in [0.15, 0.2) is 0 Å². The van der Waals surface area contributed by atoms with Gasteiger partial charge >= 0.3 is 0 Å². The second kappa shape index (κ2) is 8.56. The molecule has 0 spiro atoms. The maximum absolute atomic E-state index is 11.9. The maximum atomic E-state index is 11.9. The topological polar surface area (TPSA) is 70.2 Å². The minimum atomic E-state index is 0.126. The highest BCUT2D eigenvalue weighted by molar-refractivity contribution is 5.78. The summed E-state index contributed by atoms with van der Waals surface area (Å²) in [5, 5.41) is 6.22. The molecule has 2 heterocycles. The number of hydrogen-bond acceptors (Lipinski definition) is 5. The average Bonchev–Trinajstić information content (AvgIpc) is 3.07. The van der Waals surface area contributed by atoms with Gasteiger partial charge < -0.3 is 15.5 Å². The molecular formula is C16H27N5O. The number of anilines is 2. The number of carbonyl (C=O) groups excluding carboxylic acids is 1. The molecule has 122 valence electrons. The third-order valence-electron chi connectivity index (χ3n) is 4.17. The van der Waals surface area contributed by atoms with Gasteiger partial charge in [-0.3, -0.25) is 4.79 Å². The number of rotatable bonds is 8. The lowest BCUT2D eigenvalue weighted by Crippen LogP contribution is -2.33. The minimum absolute atomic E-state index is 0.126. The quantitative estimate of drug-likeness (QED) is 0.719. The Bertz CT molecular complexity index is 469. The Hall–Kier alpha value is -1.85. The summed E-state index contributed by atoms with van der Waals surface area (Å²) in [4.78, 5) is 22.7. The van der Waals surface area contributed by atoms with E-state index in [0.717, 1.165) is 37.6 Å².